The van der Waals surface area contributed by atoms with Crippen molar-refractivity contribution in [2.24, 2.45) is 17.8 Å². The molecule has 2 unspecified atom stereocenters. The van der Waals surface area contributed by atoms with Gasteiger partial charge < -0.3 is 9.16 Å². The number of halogens is 1. The Balaban J connectivity index is 1.67. The van der Waals surface area contributed by atoms with E-state index in [-0.39, 0.29) is 9.91 Å². The van der Waals surface area contributed by atoms with Crippen LogP contribution in [0.25, 0.3) is 0 Å². The van der Waals surface area contributed by atoms with Crippen LogP contribution in [-0.2, 0) is 9.16 Å². The molecule has 5 rings (SSSR count). The molecule has 0 heterocycles. The summed E-state index contributed by atoms with van der Waals surface area (Å²) >= 11 is 6.98. The van der Waals surface area contributed by atoms with E-state index in [1.165, 1.54) is 24.8 Å². The van der Waals surface area contributed by atoms with Crippen LogP contribution in [0.1, 0.15) is 59.3 Å². The summed E-state index contributed by atoms with van der Waals surface area (Å²) in [4.78, 5) is 0.0487. The molecule has 2 nitrogen and oxygen atoms in total. The molecule has 4 fully saturated rings. The van der Waals surface area contributed by atoms with Crippen molar-refractivity contribution < 1.29 is 9.16 Å². The van der Waals surface area contributed by atoms with Crippen LogP contribution in [0.3, 0.4) is 0 Å². The molecule has 0 amide bonds. The minimum Gasteiger partial charge on any atom is -0.543 e. The topological polar surface area (TPSA) is 18.5 Å². The number of methoxy groups -OCH3 is 1. The van der Waals surface area contributed by atoms with Gasteiger partial charge in [-0.3, -0.25) is 0 Å². The van der Waals surface area contributed by atoms with Gasteiger partial charge in [0.05, 0.1) is 7.11 Å². The molecule has 2 atom stereocenters. The van der Waals surface area contributed by atoms with Crippen LogP contribution in [0.4, 0.5) is 0 Å². The van der Waals surface area contributed by atoms with Crippen molar-refractivity contribution in [1.82, 2.24) is 0 Å². The standard InChI is InChI=1S/C25H37ClO2Si/c1-24(2,3)29(5,6)28-21-10-8-7-9-18(13-21)23(27-4)22-19-11-17-12-20(22)16-25(26,14-17)15-19/h7-8,10,13,17,19-20H,9,11-12,14-16H2,1-6H3. The van der Waals surface area contributed by atoms with E-state index in [2.05, 4.69) is 58.2 Å². The lowest BCUT2D eigenvalue weighted by Gasteiger charge is -2.55. The maximum Gasteiger partial charge on any atom is 0.250 e. The van der Waals surface area contributed by atoms with Crippen LogP contribution in [0.2, 0.25) is 18.1 Å². The third-order valence-corrected chi connectivity index (χ3v) is 12.8. The van der Waals surface area contributed by atoms with Gasteiger partial charge in [-0.05, 0) is 92.1 Å². The molecule has 0 N–H and O–H groups in total. The zero-order valence-electron chi connectivity index (χ0n) is 19.0. The Hall–Kier alpha value is -0.933. The van der Waals surface area contributed by atoms with Crippen molar-refractivity contribution in [1.29, 1.82) is 0 Å². The normalized spacial score (nSPS) is 33.9. The molecule has 0 aromatic carbocycles. The zero-order valence-corrected chi connectivity index (χ0v) is 20.7. The highest BCUT2D eigenvalue weighted by Crippen LogP contribution is 2.61. The molecule has 29 heavy (non-hydrogen) atoms. The molecule has 5 aliphatic rings. The first-order valence-electron chi connectivity index (χ1n) is 11.2. The van der Waals surface area contributed by atoms with Gasteiger partial charge in [-0.15, -0.1) is 11.6 Å². The highest BCUT2D eigenvalue weighted by Gasteiger charge is 2.53. The number of hydrogen-bond acceptors (Lipinski definition) is 2. The molecule has 0 aromatic rings. The molecular formula is C25H37ClO2Si. The molecule has 0 aliphatic heterocycles. The summed E-state index contributed by atoms with van der Waals surface area (Å²) in [5.41, 5.74) is 2.81. The second-order valence-corrected chi connectivity index (χ2v) is 16.7. The largest absolute Gasteiger partial charge is 0.543 e. The smallest absolute Gasteiger partial charge is 0.250 e. The quantitative estimate of drug-likeness (QED) is 0.260. The van der Waals surface area contributed by atoms with E-state index in [9.17, 15) is 0 Å². The third-order valence-electron chi connectivity index (χ3n) is 7.98. The van der Waals surface area contributed by atoms with Gasteiger partial charge in [0, 0.05) is 10.4 Å². The molecule has 5 aliphatic carbocycles. The minimum atomic E-state index is -1.89. The summed E-state index contributed by atoms with van der Waals surface area (Å²) in [6.07, 6.45) is 15.7. The predicted octanol–water partition coefficient (Wildman–Crippen LogP) is 7.50. The highest BCUT2D eigenvalue weighted by molar-refractivity contribution is 6.74. The number of rotatable bonds is 4. The fraction of sp³-hybridized carbons (Fsp3) is 0.680. The maximum absolute atomic E-state index is 6.98. The molecule has 160 valence electrons. The average molecular weight is 433 g/mol. The lowest BCUT2D eigenvalue weighted by molar-refractivity contribution is 0.0789. The molecule has 0 aromatic heterocycles. The van der Waals surface area contributed by atoms with Crippen molar-refractivity contribution in [2.45, 2.75) is 82.3 Å². The van der Waals surface area contributed by atoms with Crippen molar-refractivity contribution in [3.05, 3.63) is 47.0 Å². The number of alkyl halides is 1. The van der Waals surface area contributed by atoms with Crippen molar-refractivity contribution in [3.63, 3.8) is 0 Å². The van der Waals surface area contributed by atoms with E-state index in [4.69, 9.17) is 20.8 Å². The first-order valence-corrected chi connectivity index (χ1v) is 14.5. The van der Waals surface area contributed by atoms with E-state index in [0.29, 0.717) is 11.8 Å². The summed E-state index contributed by atoms with van der Waals surface area (Å²) in [5.74, 6) is 4.10. The van der Waals surface area contributed by atoms with Gasteiger partial charge in [-0.2, -0.15) is 0 Å². The van der Waals surface area contributed by atoms with Crippen LogP contribution in [0.5, 0.6) is 0 Å². The highest BCUT2D eigenvalue weighted by atomic mass is 35.5. The van der Waals surface area contributed by atoms with Gasteiger partial charge >= 0.3 is 0 Å². The van der Waals surface area contributed by atoms with Crippen LogP contribution in [0.15, 0.2) is 47.0 Å². The monoisotopic (exact) mass is 432 g/mol. The number of ether oxygens (including phenoxy) is 1. The minimum absolute atomic E-state index is 0.0487. The lowest BCUT2D eigenvalue weighted by Crippen LogP contribution is -2.49. The Morgan fingerprint density at radius 3 is 2.34 bits per heavy atom. The Labute approximate surface area is 183 Å². The number of hydrogen-bond donors (Lipinski definition) is 0. The molecule has 4 heteroatoms. The fourth-order valence-corrected chi connectivity index (χ4v) is 7.42. The lowest BCUT2D eigenvalue weighted by atomic mass is 9.53. The van der Waals surface area contributed by atoms with Crippen LogP contribution < -0.4 is 0 Å². The van der Waals surface area contributed by atoms with Crippen LogP contribution in [0, 0.1) is 17.8 Å². The van der Waals surface area contributed by atoms with Gasteiger partial charge in [0.1, 0.15) is 11.5 Å². The Morgan fingerprint density at radius 2 is 1.79 bits per heavy atom. The van der Waals surface area contributed by atoms with Gasteiger partial charge in [0.2, 0.25) is 8.32 Å². The Kier molecular flexibility index (Phi) is 5.39. The SMILES string of the molecule is COC(C1=CC(O[Si](C)(C)C(C)(C)C)=CC=CC1)=C1C2CC3CC1CC(Cl)(C3)C2. The van der Waals surface area contributed by atoms with E-state index >= 15 is 0 Å². The van der Waals surface area contributed by atoms with Gasteiger partial charge in [-0.25, -0.2) is 0 Å². The zero-order chi connectivity index (χ0) is 21.0. The van der Waals surface area contributed by atoms with Gasteiger partial charge in [-0.1, -0.05) is 32.9 Å². The van der Waals surface area contributed by atoms with E-state index in [1.54, 1.807) is 5.57 Å². The van der Waals surface area contributed by atoms with Gasteiger partial charge in [0.15, 0.2) is 0 Å². The summed E-state index contributed by atoms with van der Waals surface area (Å²) < 4.78 is 12.8. The van der Waals surface area contributed by atoms with E-state index in [1.807, 2.05) is 7.11 Å². The Morgan fingerprint density at radius 1 is 1.14 bits per heavy atom. The summed E-state index contributed by atoms with van der Waals surface area (Å²) in [6, 6.07) is 0. The second kappa shape index (κ2) is 7.34. The summed E-state index contributed by atoms with van der Waals surface area (Å²) in [6.45, 7) is 11.5. The molecule has 4 bridgehead atoms. The summed E-state index contributed by atoms with van der Waals surface area (Å²) in [5, 5.41) is 0.177. The summed E-state index contributed by atoms with van der Waals surface area (Å²) in [7, 11) is -0.0412. The van der Waals surface area contributed by atoms with Crippen LogP contribution in [-0.4, -0.2) is 20.3 Å². The van der Waals surface area contributed by atoms with Crippen LogP contribution >= 0.6 is 11.6 Å². The van der Waals surface area contributed by atoms with Crippen molar-refractivity contribution in [2.75, 3.05) is 7.11 Å². The Bertz CT molecular complexity index is 778. The predicted molar refractivity (Wildman–Crippen MR) is 124 cm³/mol. The first-order chi connectivity index (χ1) is 13.5. The molecule has 0 saturated heterocycles. The third kappa shape index (κ3) is 4.02. The molecular weight excluding hydrogens is 396 g/mol. The molecule has 4 saturated carbocycles. The van der Waals surface area contributed by atoms with Crippen molar-refractivity contribution in [3.8, 4) is 0 Å². The number of allylic oxidation sites excluding steroid dienone is 6. The average Bonchev–Trinajstić information content (AvgIpc) is 2.80. The second-order valence-electron chi connectivity index (χ2n) is 11.2. The fourth-order valence-electron chi connectivity index (χ4n) is 5.80. The van der Waals surface area contributed by atoms with Crippen molar-refractivity contribution >= 4 is 19.9 Å². The maximum atomic E-state index is 6.98. The van der Waals surface area contributed by atoms with E-state index < -0.39 is 8.32 Å². The molecule has 0 radical (unpaired) electrons. The first kappa shape index (κ1) is 21.3. The van der Waals surface area contributed by atoms with Gasteiger partial charge in [0.25, 0.3) is 0 Å². The van der Waals surface area contributed by atoms with E-state index in [0.717, 1.165) is 36.7 Å². The molecule has 0 spiro atoms.